The van der Waals surface area contributed by atoms with Crippen LogP contribution in [0, 0.1) is 17.8 Å². The predicted molar refractivity (Wildman–Crippen MR) is 91.4 cm³/mol. The number of ether oxygens (including phenoxy) is 1. The minimum atomic E-state index is -0.511. The average molecular weight is 348 g/mol. The van der Waals surface area contributed by atoms with Crippen molar-refractivity contribution in [3.05, 3.63) is 28.8 Å². The third-order valence-corrected chi connectivity index (χ3v) is 5.73. The first kappa shape index (κ1) is 15.9. The van der Waals surface area contributed by atoms with Crippen molar-refractivity contribution in [3.8, 4) is 5.75 Å². The van der Waals surface area contributed by atoms with E-state index < -0.39 is 5.60 Å². The molecule has 1 spiro atoms. The van der Waals surface area contributed by atoms with Gasteiger partial charge >= 0.3 is 0 Å². The van der Waals surface area contributed by atoms with E-state index in [9.17, 15) is 9.59 Å². The zero-order valence-corrected chi connectivity index (χ0v) is 14.9. The quantitative estimate of drug-likeness (QED) is 0.844. The van der Waals surface area contributed by atoms with Gasteiger partial charge in [0.2, 0.25) is 5.91 Å². The van der Waals surface area contributed by atoms with Crippen molar-refractivity contribution in [3.63, 3.8) is 0 Å². The van der Waals surface area contributed by atoms with Gasteiger partial charge in [0.25, 0.3) is 0 Å². The summed E-state index contributed by atoms with van der Waals surface area (Å²) in [5, 5.41) is 3.61. The Morgan fingerprint density at radius 2 is 2.12 bits per heavy atom. The molecule has 0 radical (unpaired) electrons. The van der Waals surface area contributed by atoms with Crippen LogP contribution in [0.4, 0.5) is 0 Å². The van der Waals surface area contributed by atoms with Gasteiger partial charge < -0.3 is 10.1 Å². The summed E-state index contributed by atoms with van der Waals surface area (Å²) in [5.74, 6) is 1.23. The Bertz CT molecular complexity index is 739. The number of hydrogen-bond donors (Lipinski definition) is 1. The fourth-order valence-electron chi connectivity index (χ4n) is 4.59. The summed E-state index contributed by atoms with van der Waals surface area (Å²) in [6.07, 6.45) is 2.14. The summed E-state index contributed by atoms with van der Waals surface area (Å²) < 4.78 is 6.31. The number of amides is 1. The molecule has 1 aromatic carbocycles. The highest BCUT2D eigenvalue weighted by molar-refractivity contribution is 6.31. The lowest BCUT2D eigenvalue weighted by atomic mass is 9.84. The van der Waals surface area contributed by atoms with Gasteiger partial charge in [0, 0.05) is 22.4 Å². The summed E-state index contributed by atoms with van der Waals surface area (Å²) in [4.78, 5) is 25.2. The molecule has 3 aliphatic rings. The molecule has 0 saturated heterocycles. The summed E-state index contributed by atoms with van der Waals surface area (Å²) >= 11 is 6.00. The minimum absolute atomic E-state index is 0.0281. The standard InChI is InChI=1S/C19H22ClNO3/c1-18(2,3)21-17(23)15-11-6-7-19(16(11)15)9-13(22)12-8-10(20)4-5-14(12)24-19/h4-5,8,11,15-16H,6-7,9H2,1-3H3,(H,21,23)/t11-,15+,16+,19-/m1/s1. The Labute approximate surface area is 146 Å². The Morgan fingerprint density at radius 3 is 2.83 bits per heavy atom. The number of benzene rings is 1. The second-order valence-electron chi connectivity index (χ2n) is 8.40. The first-order chi connectivity index (χ1) is 11.2. The summed E-state index contributed by atoms with van der Waals surface area (Å²) in [5.41, 5.74) is -0.191. The third-order valence-electron chi connectivity index (χ3n) is 5.49. The van der Waals surface area contributed by atoms with Gasteiger partial charge in [0.05, 0.1) is 12.0 Å². The number of halogens is 1. The van der Waals surface area contributed by atoms with Crippen LogP contribution in [0.1, 0.15) is 50.4 Å². The van der Waals surface area contributed by atoms with Crippen molar-refractivity contribution in [1.82, 2.24) is 5.32 Å². The van der Waals surface area contributed by atoms with Crippen LogP contribution >= 0.6 is 11.6 Å². The van der Waals surface area contributed by atoms with Crippen LogP contribution in [0.25, 0.3) is 0 Å². The third kappa shape index (κ3) is 2.43. The molecule has 128 valence electrons. The van der Waals surface area contributed by atoms with Crippen molar-refractivity contribution in [2.24, 2.45) is 17.8 Å². The molecule has 24 heavy (non-hydrogen) atoms. The maximum atomic E-state index is 12.6. The van der Waals surface area contributed by atoms with E-state index in [-0.39, 0.29) is 29.1 Å². The zero-order valence-electron chi connectivity index (χ0n) is 14.2. The van der Waals surface area contributed by atoms with Crippen molar-refractivity contribution < 1.29 is 14.3 Å². The van der Waals surface area contributed by atoms with Gasteiger partial charge in [-0.25, -0.2) is 0 Å². The second-order valence-corrected chi connectivity index (χ2v) is 8.84. The summed E-state index contributed by atoms with van der Waals surface area (Å²) in [6, 6.07) is 5.20. The number of carbonyl (C=O) groups excluding carboxylic acids is 2. The van der Waals surface area contributed by atoms with E-state index in [4.69, 9.17) is 16.3 Å². The van der Waals surface area contributed by atoms with E-state index in [0.717, 1.165) is 12.8 Å². The molecule has 0 bridgehead atoms. The number of nitrogens with one attached hydrogen (secondary N) is 1. The molecule has 2 fully saturated rings. The van der Waals surface area contributed by atoms with Gasteiger partial charge in [-0.3, -0.25) is 9.59 Å². The number of fused-ring (bicyclic) bond motifs is 3. The molecule has 2 saturated carbocycles. The van der Waals surface area contributed by atoms with E-state index in [1.807, 2.05) is 20.8 Å². The Morgan fingerprint density at radius 1 is 1.38 bits per heavy atom. The Hall–Kier alpha value is -1.55. The highest BCUT2D eigenvalue weighted by Crippen LogP contribution is 2.65. The van der Waals surface area contributed by atoms with Crippen LogP contribution in [-0.4, -0.2) is 22.8 Å². The lowest BCUT2D eigenvalue weighted by molar-refractivity contribution is -0.125. The molecule has 2 aliphatic carbocycles. The molecule has 4 atom stereocenters. The Kier molecular flexibility index (Phi) is 3.31. The van der Waals surface area contributed by atoms with E-state index in [0.29, 0.717) is 28.7 Å². The number of ketones is 1. The maximum Gasteiger partial charge on any atom is 0.224 e. The highest BCUT2D eigenvalue weighted by atomic mass is 35.5. The van der Waals surface area contributed by atoms with Crippen LogP contribution in [-0.2, 0) is 4.79 Å². The molecule has 1 aromatic rings. The van der Waals surface area contributed by atoms with Crippen LogP contribution in [0.5, 0.6) is 5.75 Å². The van der Waals surface area contributed by atoms with Gasteiger partial charge in [0.15, 0.2) is 5.78 Å². The lowest BCUT2D eigenvalue weighted by Gasteiger charge is -2.37. The first-order valence-electron chi connectivity index (χ1n) is 8.54. The SMILES string of the molecule is CC(C)(C)NC(=O)[C@H]1[C@H]2CC[C@@]3(CC(=O)c4cc(Cl)ccc4O3)[C@@H]21. The smallest absolute Gasteiger partial charge is 0.224 e. The fraction of sp³-hybridized carbons (Fsp3) is 0.579. The lowest BCUT2D eigenvalue weighted by Crippen LogP contribution is -2.46. The monoisotopic (exact) mass is 347 g/mol. The molecular formula is C19H22ClNO3. The number of rotatable bonds is 1. The van der Waals surface area contributed by atoms with Gasteiger partial charge in [-0.15, -0.1) is 0 Å². The van der Waals surface area contributed by atoms with Crippen LogP contribution < -0.4 is 10.1 Å². The summed E-state index contributed by atoms with van der Waals surface area (Å²) in [7, 11) is 0. The van der Waals surface area contributed by atoms with Crippen molar-refractivity contribution in [1.29, 1.82) is 0 Å². The molecule has 1 heterocycles. The maximum absolute atomic E-state index is 12.6. The molecule has 0 unspecified atom stereocenters. The number of carbonyl (C=O) groups is 2. The normalized spacial score (nSPS) is 33.7. The van der Waals surface area contributed by atoms with Gasteiger partial charge in [-0.2, -0.15) is 0 Å². The van der Waals surface area contributed by atoms with E-state index in [2.05, 4.69) is 5.32 Å². The highest BCUT2D eigenvalue weighted by Gasteiger charge is 2.70. The largest absolute Gasteiger partial charge is 0.486 e. The Balaban J connectivity index is 1.58. The average Bonchev–Trinajstić information content (AvgIpc) is 3.11. The van der Waals surface area contributed by atoms with E-state index >= 15 is 0 Å². The molecule has 5 heteroatoms. The van der Waals surface area contributed by atoms with Gasteiger partial charge in [0.1, 0.15) is 11.4 Å². The molecule has 4 rings (SSSR count). The second kappa shape index (κ2) is 4.98. The molecular weight excluding hydrogens is 326 g/mol. The van der Waals surface area contributed by atoms with Crippen molar-refractivity contribution >= 4 is 23.3 Å². The molecule has 1 aliphatic heterocycles. The number of Topliss-reactive ketones (excluding diaryl/α,β-unsaturated/α-hetero) is 1. The van der Waals surface area contributed by atoms with E-state index in [1.54, 1.807) is 18.2 Å². The van der Waals surface area contributed by atoms with Gasteiger partial charge in [-0.05, 0) is 57.7 Å². The van der Waals surface area contributed by atoms with Crippen molar-refractivity contribution in [2.45, 2.75) is 51.2 Å². The van der Waals surface area contributed by atoms with Gasteiger partial charge in [-0.1, -0.05) is 11.6 Å². The summed E-state index contributed by atoms with van der Waals surface area (Å²) in [6.45, 7) is 5.96. The van der Waals surface area contributed by atoms with Crippen LogP contribution in [0.15, 0.2) is 18.2 Å². The molecule has 1 amide bonds. The minimum Gasteiger partial charge on any atom is -0.486 e. The van der Waals surface area contributed by atoms with Crippen molar-refractivity contribution in [2.75, 3.05) is 0 Å². The predicted octanol–water partition coefficient (Wildman–Crippen LogP) is 3.61. The fourth-order valence-corrected chi connectivity index (χ4v) is 4.77. The topological polar surface area (TPSA) is 55.4 Å². The molecule has 0 aromatic heterocycles. The van der Waals surface area contributed by atoms with E-state index in [1.165, 1.54) is 0 Å². The number of hydrogen-bond acceptors (Lipinski definition) is 3. The zero-order chi connectivity index (χ0) is 17.3. The molecule has 4 nitrogen and oxygen atoms in total. The van der Waals surface area contributed by atoms with Crippen LogP contribution in [0.2, 0.25) is 5.02 Å². The van der Waals surface area contributed by atoms with Crippen LogP contribution in [0.3, 0.4) is 0 Å². The molecule has 1 N–H and O–H groups in total. The first-order valence-corrected chi connectivity index (χ1v) is 8.92.